The number of hydrogen-bond acceptors (Lipinski definition) is 7. The predicted molar refractivity (Wildman–Crippen MR) is 133 cm³/mol. The van der Waals surface area contributed by atoms with E-state index in [1.165, 1.54) is 0 Å². The molecule has 7 nitrogen and oxygen atoms in total. The fourth-order valence-electron chi connectivity index (χ4n) is 4.09. The second-order valence-electron chi connectivity index (χ2n) is 8.36. The van der Waals surface area contributed by atoms with Gasteiger partial charge in [-0.3, -0.25) is 0 Å². The first-order valence-electron chi connectivity index (χ1n) is 11.7. The van der Waals surface area contributed by atoms with Crippen LogP contribution in [0.4, 0.5) is 0 Å². The van der Waals surface area contributed by atoms with Gasteiger partial charge in [0.15, 0.2) is 23.0 Å². The van der Waals surface area contributed by atoms with E-state index in [-0.39, 0.29) is 5.92 Å². The highest BCUT2D eigenvalue weighted by Gasteiger charge is 2.37. The molecule has 0 saturated heterocycles. The van der Waals surface area contributed by atoms with Gasteiger partial charge >= 0.3 is 0 Å². The monoisotopic (exact) mass is 470 g/mol. The highest BCUT2D eigenvalue weighted by molar-refractivity contribution is 5.56. The molecule has 1 atom stereocenters. The van der Waals surface area contributed by atoms with Crippen molar-refractivity contribution in [1.29, 1.82) is 5.26 Å². The van der Waals surface area contributed by atoms with Crippen LogP contribution < -0.4 is 29.0 Å². The first-order valence-corrected chi connectivity index (χ1v) is 11.7. The molecule has 0 heterocycles. The van der Waals surface area contributed by atoms with Crippen LogP contribution in [0, 0.1) is 17.2 Å². The minimum atomic E-state index is -0.665. The van der Waals surface area contributed by atoms with E-state index >= 15 is 0 Å². The maximum absolute atomic E-state index is 10.3. The average molecular weight is 471 g/mol. The van der Waals surface area contributed by atoms with Crippen molar-refractivity contribution in [3.63, 3.8) is 0 Å². The molecule has 0 bridgehead atoms. The smallest absolute Gasteiger partial charge is 0.203 e. The molecule has 0 aliphatic carbocycles. The summed E-state index contributed by atoms with van der Waals surface area (Å²) in [5, 5.41) is 13.7. The summed E-state index contributed by atoms with van der Waals surface area (Å²) in [7, 11) is 6.39. The maximum Gasteiger partial charge on any atom is 0.203 e. The van der Waals surface area contributed by atoms with Crippen LogP contribution in [0.15, 0.2) is 36.4 Å². The molecule has 186 valence electrons. The lowest BCUT2D eigenvalue weighted by Gasteiger charge is -2.32. The molecule has 7 heteroatoms. The van der Waals surface area contributed by atoms with Crippen LogP contribution in [0.1, 0.15) is 38.7 Å². The summed E-state index contributed by atoms with van der Waals surface area (Å²) in [6.07, 6.45) is 2.44. The fraction of sp³-hybridized carbons (Fsp3) is 0.519. The van der Waals surface area contributed by atoms with Crippen molar-refractivity contribution in [2.24, 2.45) is 5.92 Å². The van der Waals surface area contributed by atoms with Crippen molar-refractivity contribution < 1.29 is 23.7 Å². The number of rotatable bonds is 15. The quantitative estimate of drug-likeness (QED) is 0.368. The molecule has 0 aromatic heterocycles. The molecule has 2 aromatic carbocycles. The molecular formula is C27H38N2O5. The molecule has 0 aliphatic heterocycles. The number of benzene rings is 2. The van der Waals surface area contributed by atoms with Gasteiger partial charge in [-0.15, -0.1) is 0 Å². The largest absolute Gasteiger partial charge is 0.493 e. The summed E-state index contributed by atoms with van der Waals surface area (Å²) < 4.78 is 27.6. The number of nitrogens with zero attached hydrogens (tertiary/aromatic N) is 1. The van der Waals surface area contributed by atoms with E-state index in [2.05, 4.69) is 25.2 Å². The van der Waals surface area contributed by atoms with Gasteiger partial charge in [-0.05, 0) is 68.1 Å². The molecule has 0 saturated carbocycles. The standard InChI is InChI=1S/C27H38N2O5/c1-20(2)27(19-28,21-17-24(31-4)26(33-6)25(18-21)32-5)13-9-14-29-15-10-16-34-23-12-8-7-11-22(23)30-3/h7-8,11-12,17-18,20,29H,9-10,13-16H2,1-6H3. The van der Waals surface area contributed by atoms with E-state index in [0.29, 0.717) is 30.3 Å². The van der Waals surface area contributed by atoms with Crippen LogP contribution in [0.2, 0.25) is 0 Å². The lowest BCUT2D eigenvalue weighted by Crippen LogP contribution is -2.32. The van der Waals surface area contributed by atoms with Gasteiger partial charge in [0.2, 0.25) is 5.75 Å². The molecule has 0 fully saturated rings. The van der Waals surface area contributed by atoms with Crippen LogP contribution in [-0.2, 0) is 5.41 Å². The van der Waals surface area contributed by atoms with Gasteiger partial charge in [-0.25, -0.2) is 0 Å². The summed E-state index contributed by atoms with van der Waals surface area (Å²) in [5.74, 6) is 3.25. The molecule has 0 aliphatic rings. The Morgan fingerprint density at radius 3 is 1.97 bits per heavy atom. The van der Waals surface area contributed by atoms with Crippen molar-refractivity contribution in [1.82, 2.24) is 5.32 Å². The van der Waals surface area contributed by atoms with E-state index in [0.717, 1.165) is 43.0 Å². The number of para-hydroxylation sites is 2. The first-order chi connectivity index (χ1) is 16.5. The summed E-state index contributed by atoms with van der Waals surface area (Å²) >= 11 is 0. The molecule has 34 heavy (non-hydrogen) atoms. The molecular weight excluding hydrogens is 432 g/mol. The summed E-state index contributed by atoms with van der Waals surface area (Å²) in [6, 6.07) is 14.0. The van der Waals surface area contributed by atoms with E-state index in [4.69, 9.17) is 23.7 Å². The second kappa shape index (κ2) is 13.6. The van der Waals surface area contributed by atoms with Gasteiger partial charge in [-0.1, -0.05) is 26.0 Å². The van der Waals surface area contributed by atoms with Crippen LogP contribution in [-0.4, -0.2) is 48.1 Å². The van der Waals surface area contributed by atoms with E-state index in [1.807, 2.05) is 36.4 Å². The van der Waals surface area contributed by atoms with Gasteiger partial charge in [0.25, 0.3) is 0 Å². The summed E-state index contributed by atoms with van der Waals surface area (Å²) in [4.78, 5) is 0. The zero-order valence-electron chi connectivity index (χ0n) is 21.3. The predicted octanol–water partition coefficient (Wildman–Crippen LogP) is 4.98. The van der Waals surface area contributed by atoms with Crippen LogP contribution in [0.25, 0.3) is 0 Å². The van der Waals surface area contributed by atoms with E-state index in [1.54, 1.807) is 28.4 Å². The zero-order valence-corrected chi connectivity index (χ0v) is 21.3. The first kappa shape index (κ1) is 27.1. The summed E-state index contributed by atoms with van der Waals surface area (Å²) in [5.41, 5.74) is 0.214. The molecule has 1 N–H and O–H groups in total. The third-order valence-electron chi connectivity index (χ3n) is 6.11. The molecule has 0 spiro atoms. The maximum atomic E-state index is 10.3. The minimum Gasteiger partial charge on any atom is -0.493 e. The number of nitrogens with one attached hydrogen (secondary N) is 1. The third kappa shape index (κ3) is 6.48. The SMILES string of the molecule is COc1ccccc1OCCCNCCCC(C#N)(c1cc(OC)c(OC)c(OC)c1)C(C)C. The Hall–Kier alpha value is -3.11. The van der Waals surface area contributed by atoms with E-state index < -0.39 is 5.41 Å². The number of hydrogen-bond donors (Lipinski definition) is 1. The molecule has 2 aromatic rings. The molecule has 2 rings (SSSR count). The minimum absolute atomic E-state index is 0.106. The molecule has 1 unspecified atom stereocenters. The van der Waals surface area contributed by atoms with Gasteiger partial charge < -0.3 is 29.0 Å². The van der Waals surface area contributed by atoms with Crippen LogP contribution in [0.3, 0.4) is 0 Å². The Morgan fingerprint density at radius 2 is 1.44 bits per heavy atom. The van der Waals surface area contributed by atoms with Crippen molar-refractivity contribution in [2.75, 3.05) is 48.1 Å². The van der Waals surface area contributed by atoms with E-state index in [9.17, 15) is 5.26 Å². The topological polar surface area (TPSA) is 82.0 Å². The van der Waals surface area contributed by atoms with Gasteiger partial charge in [-0.2, -0.15) is 5.26 Å². The van der Waals surface area contributed by atoms with Gasteiger partial charge in [0.1, 0.15) is 0 Å². The van der Waals surface area contributed by atoms with Crippen molar-refractivity contribution >= 4 is 0 Å². The van der Waals surface area contributed by atoms with Gasteiger partial charge in [0.05, 0.1) is 46.5 Å². The lowest BCUT2D eigenvalue weighted by atomic mass is 9.69. The van der Waals surface area contributed by atoms with Crippen LogP contribution in [0.5, 0.6) is 28.7 Å². The summed E-state index contributed by atoms with van der Waals surface area (Å²) in [6.45, 7) is 6.41. The van der Waals surface area contributed by atoms with Crippen LogP contribution >= 0.6 is 0 Å². The molecule has 0 radical (unpaired) electrons. The van der Waals surface area contributed by atoms with Crippen molar-refractivity contribution in [3.05, 3.63) is 42.0 Å². The Labute approximate surface area is 203 Å². The van der Waals surface area contributed by atoms with Gasteiger partial charge in [0, 0.05) is 0 Å². The zero-order chi connectivity index (χ0) is 25.0. The molecule has 0 amide bonds. The number of methoxy groups -OCH3 is 4. The number of nitriles is 1. The Kier molecular flexibility index (Phi) is 10.8. The lowest BCUT2D eigenvalue weighted by molar-refractivity contribution is 0.286. The highest BCUT2D eigenvalue weighted by atomic mass is 16.5. The number of ether oxygens (including phenoxy) is 5. The van der Waals surface area contributed by atoms with Crippen molar-refractivity contribution in [2.45, 2.75) is 38.5 Å². The third-order valence-corrected chi connectivity index (χ3v) is 6.11. The Balaban J connectivity index is 1.93. The second-order valence-corrected chi connectivity index (χ2v) is 8.36. The fourth-order valence-corrected chi connectivity index (χ4v) is 4.09. The Bertz CT molecular complexity index is 916. The Morgan fingerprint density at radius 1 is 0.853 bits per heavy atom. The normalized spacial score (nSPS) is 12.5. The highest BCUT2D eigenvalue weighted by Crippen LogP contribution is 2.45. The van der Waals surface area contributed by atoms with Crippen molar-refractivity contribution in [3.8, 4) is 34.8 Å². The average Bonchev–Trinajstić information content (AvgIpc) is 2.87.